The fourth-order valence-electron chi connectivity index (χ4n) is 2.22. The number of halogens is 2. The lowest BCUT2D eigenvalue weighted by Gasteiger charge is -2.19. The van der Waals surface area contributed by atoms with Crippen molar-refractivity contribution < 1.29 is 23.4 Å². The summed E-state index contributed by atoms with van der Waals surface area (Å²) in [5.41, 5.74) is 1.45. The SMILES string of the molecule is Cc1cccc(OC(F)F)c1NC(=O)N[C@H](CO)c1ccccc1. The second-order valence-corrected chi connectivity index (χ2v) is 5.07. The topological polar surface area (TPSA) is 70.6 Å². The molecule has 128 valence electrons. The van der Waals surface area contributed by atoms with E-state index in [4.69, 9.17) is 0 Å². The van der Waals surface area contributed by atoms with Crippen LogP contribution >= 0.6 is 0 Å². The molecule has 0 aliphatic rings. The minimum Gasteiger partial charge on any atom is -0.433 e. The molecule has 0 radical (unpaired) electrons. The third-order valence-corrected chi connectivity index (χ3v) is 3.38. The number of hydrogen-bond donors (Lipinski definition) is 3. The van der Waals surface area contributed by atoms with Gasteiger partial charge in [0.1, 0.15) is 5.75 Å². The van der Waals surface area contributed by atoms with Gasteiger partial charge in [0.15, 0.2) is 0 Å². The van der Waals surface area contributed by atoms with Crippen molar-refractivity contribution in [2.24, 2.45) is 0 Å². The Bertz CT molecular complexity index is 681. The summed E-state index contributed by atoms with van der Waals surface area (Å²) in [6.45, 7) is -1.63. The van der Waals surface area contributed by atoms with Crippen LogP contribution in [0.4, 0.5) is 19.3 Å². The summed E-state index contributed by atoms with van der Waals surface area (Å²) in [5, 5.41) is 14.6. The van der Waals surface area contributed by atoms with Crippen LogP contribution < -0.4 is 15.4 Å². The molecule has 2 aromatic rings. The lowest BCUT2D eigenvalue weighted by Crippen LogP contribution is -2.34. The van der Waals surface area contributed by atoms with Gasteiger partial charge in [0.2, 0.25) is 0 Å². The summed E-state index contributed by atoms with van der Waals surface area (Å²) < 4.78 is 29.4. The molecule has 0 spiro atoms. The van der Waals surface area contributed by atoms with E-state index in [1.54, 1.807) is 43.3 Å². The van der Waals surface area contributed by atoms with Crippen LogP contribution in [0, 0.1) is 6.92 Å². The number of aryl methyl sites for hydroxylation is 1. The molecule has 0 heterocycles. The Labute approximate surface area is 138 Å². The number of aliphatic hydroxyl groups excluding tert-OH is 1. The molecule has 0 saturated carbocycles. The van der Waals surface area contributed by atoms with Crippen molar-refractivity contribution in [2.45, 2.75) is 19.6 Å². The third kappa shape index (κ3) is 4.66. The Kier molecular flexibility index (Phi) is 6.08. The van der Waals surface area contributed by atoms with Gasteiger partial charge in [-0.2, -0.15) is 8.78 Å². The van der Waals surface area contributed by atoms with Gasteiger partial charge in [-0.3, -0.25) is 0 Å². The highest BCUT2D eigenvalue weighted by atomic mass is 19.3. The van der Waals surface area contributed by atoms with Gasteiger partial charge >= 0.3 is 12.6 Å². The smallest absolute Gasteiger partial charge is 0.387 e. The Balaban J connectivity index is 2.12. The average Bonchev–Trinajstić information content (AvgIpc) is 2.56. The highest BCUT2D eigenvalue weighted by molar-refractivity contribution is 5.92. The van der Waals surface area contributed by atoms with Gasteiger partial charge in [-0.25, -0.2) is 4.79 Å². The lowest BCUT2D eigenvalue weighted by atomic mass is 10.1. The minimum atomic E-state index is -3.00. The Hall–Kier alpha value is -2.67. The van der Waals surface area contributed by atoms with E-state index in [0.717, 1.165) is 5.56 Å². The van der Waals surface area contributed by atoms with Gasteiger partial charge in [-0.05, 0) is 24.1 Å². The average molecular weight is 336 g/mol. The van der Waals surface area contributed by atoms with Crippen molar-refractivity contribution >= 4 is 11.7 Å². The molecule has 0 aliphatic carbocycles. The van der Waals surface area contributed by atoms with Crippen LogP contribution in [0.5, 0.6) is 5.75 Å². The number of hydrogen-bond acceptors (Lipinski definition) is 3. The summed E-state index contributed by atoms with van der Waals surface area (Å²) in [7, 11) is 0. The fourth-order valence-corrected chi connectivity index (χ4v) is 2.22. The predicted octanol–water partition coefficient (Wildman–Crippen LogP) is 3.45. The lowest BCUT2D eigenvalue weighted by molar-refractivity contribution is -0.0493. The molecule has 0 saturated heterocycles. The number of carbonyl (C=O) groups is 1. The van der Waals surface area contributed by atoms with Crippen molar-refractivity contribution in [1.29, 1.82) is 0 Å². The predicted molar refractivity (Wildman–Crippen MR) is 86.2 cm³/mol. The number of rotatable bonds is 6. The first-order chi connectivity index (χ1) is 11.5. The van der Waals surface area contributed by atoms with Crippen LogP contribution in [0.2, 0.25) is 0 Å². The number of ether oxygens (including phenoxy) is 1. The van der Waals surface area contributed by atoms with E-state index in [2.05, 4.69) is 15.4 Å². The van der Waals surface area contributed by atoms with E-state index in [1.807, 2.05) is 6.07 Å². The Morgan fingerprint density at radius 2 is 1.88 bits per heavy atom. The van der Waals surface area contributed by atoms with Gasteiger partial charge in [0, 0.05) is 0 Å². The molecular weight excluding hydrogens is 318 g/mol. The van der Waals surface area contributed by atoms with Crippen LogP contribution in [-0.4, -0.2) is 24.4 Å². The number of aliphatic hydroxyl groups is 1. The molecule has 2 aromatic carbocycles. The first-order valence-electron chi connectivity index (χ1n) is 7.29. The molecule has 0 unspecified atom stereocenters. The van der Waals surface area contributed by atoms with Crippen molar-refractivity contribution in [2.75, 3.05) is 11.9 Å². The number of amides is 2. The molecule has 3 N–H and O–H groups in total. The molecule has 0 aliphatic heterocycles. The first-order valence-corrected chi connectivity index (χ1v) is 7.29. The van der Waals surface area contributed by atoms with E-state index < -0.39 is 18.7 Å². The fraction of sp³-hybridized carbons (Fsp3) is 0.235. The zero-order valence-electron chi connectivity index (χ0n) is 13.0. The zero-order chi connectivity index (χ0) is 17.5. The van der Waals surface area contributed by atoms with Gasteiger partial charge in [-0.15, -0.1) is 0 Å². The third-order valence-electron chi connectivity index (χ3n) is 3.38. The van der Waals surface area contributed by atoms with Crippen LogP contribution in [0.3, 0.4) is 0 Å². The maximum atomic E-state index is 12.5. The van der Waals surface area contributed by atoms with E-state index in [9.17, 15) is 18.7 Å². The first kappa shape index (κ1) is 17.7. The van der Waals surface area contributed by atoms with Crippen LogP contribution in [0.25, 0.3) is 0 Å². The number of para-hydroxylation sites is 1. The maximum absolute atomic E-state index is 12.5. The number of anilines is 1. The molecule has 7 heteroatoms. The molecule has 0 fully saturated rings. The second kappa shape index (κ2) is 8.26. The summed E-state index contributed by atoms with van der Waals surface area (Å²) in [4.78, 5) is 12.2. The number of nitrogens with one attached hydrogen (secondary N) is 2. The zero-order valence-corrected chi connectivity index (χ0v) is 13.0. The van der Waals surface area contributed by atoms with Crippen LogP contribution in [-0.2, 0) is 0 Å². The van der Waals surface area contributed by atoms with E-state index >= 15 is 0 Å². The monoisotopic (exact) mass is 336 g/mol. The number of carbonyl (C=O) groups excluding carboxylic acids is 1. The summed E-state index contributed by atoms with van der Waals surface area (Å²) in [6, 6.07) is 12.2. The van der Waals surface area contributed by atoms with Crippen LogP contribution in [0.1, 0.15) is 17.2 Å². The highest BCUT2D eigenvalue weighted by Gasteiger charge is 2.17. The number of alkyl halides is 2. The minimum absolute atomic E-state index is 0.125. The molecule has 5 nitrogen and oxygen atoms in total. The largest absolute Gasteiger partial charge is 0.433 e. The van der Waals surface area contributed by atoms with Gasteiger partial charge in [0.25, 0.3) is 0 Å². The van der Waals surface area contributed by atoms with Crippen molar-refractivity contribution in [3.8, 4) is 5.75 Å². The van der Waals surface area contributed by atoms with Crippen LogP contribution in [0.15, 0.2) is 48.5 Å². The molecule has 1 atom stereocenters. The maximum Gasteiger partial charge on any atom is 0.387 e. The standard InChI is InChI=1S/C17H18F2N2O3/c1-11-6-5-9-14(24-16(18)19)15(11)21-17(23)20-13(10-22)12-7-3-2-4-8-12/h2-9,13,16,22H,10H2,1H3,(H2,20,21,23)/t13-/m1/s1. The van der Waals surface area contributed by atoms with Crippen molar-refractivity contribution in [3.63, 3.8) is 0 Å². The van der Waals surface area contributed by atoms with Gasteiger partial charge in [0.05, 0.1) is 18.3 Å². The number of urea groups is 1. The molecule has 24 heavy (non-hydrogen) atoms. The summed E-state index contributed by atoms with van der Waals surface area (Å²) in [6.07, 6.45) is 0. The van der Waals surface area contributed by atoms with E-state index in [0.29, 0.717) is 5.56 Å². The Morgan fingerprint density at radius 1 is 1.17 bits per heavy atom. The molecule has 2 rings (SSSR count). The number of benzene rings is 2. The van der Waals surface area contributed by atoms with Crippen molar-refractivity contribution in [1.82, 2.24) is 5.32 Å². The quantitative estimate of drug-likeness (QED) is 0.757. The van der Waals surface area contributed by atoms with Gasteiger partial charge < -0.3 is 20.5 Å². The highest BCUT2D eigenvalue weighted by Crippen LogP contribution is 2.29. The summed E-state index contributed by atoms with van der Waals surface area (Å²) in [5.74, 6) is -0.125. The van der Waals surface area contributed by atoms with E-state index in [-0.39, 0.29) is 18.0 Å². The Morgan fingerprint density at radius 3 is 2.50 bits per heavy atom. The molecule has 0 aromatic heterocycles. The van der Waals surface area contributed by atoms with Gasteiger partial charge in [-0.1, -0.05) is 42.5 Å². The molecule has 0 bridgehead atoms. The normalized spacial score (nSPS) is 11.9. The second-order valence-electron chi connectivity index (χ2n) is 5.07. The summed E-state index contributed by atoms with van der Waals surface area (Å²) >= 11 is 0. The molecule has 2 amide bonds. The van der Waals surface area contributed by atoms with Crippen molar-refractivity contribution in [3.05, 3.63) is 59.7 Å². The molecular formula is C17H18F2N2O3. The van der Waals surface area contributed by atoms with E-state index in [1.165, 1.54) is 6.07 Å².